The minimum Gasteiger partial charge on any atom is -0.384 e. The van der Waals surface area contributed by atoms with Gasteiger partial charge < -0.3 is 20.6 Å². The standard InChI is InChI=1S/C27H30N8O2/c1-27(37)12-3-2-4-15-34-25(36)21-18-29-26(32-24(21)35(34)23-7-5-6-22(27)31-23)30-19-8-10-20(11-9-19)33-16-13-28-14-17-33/h2,4-11,18,28,37H,3,12-17H2,1H3,(H,29,30,32)/b4-2-. The van der Waals surface area contributed by atoms with Crippen molar-refractivity contribution in [2.24, 2.45) is 0 Å². The van der Waals surface area contributed by atoms with Gasteiger partial charge in [0.15, 0.2) is 11.5 Å². The van der Waals surface area contributed by atoms with E-state index in [0.717, 1.165) is 31.9 Å². The number of benzene rings is 1. The van der Waals surface area contributed by atoms with Crippen LogP contribution in [0.15, 0.2) is 65.6 Å². The fraction of sp³-hybridized carbons (Fsp3) is 0.333. The van der Waals surface area contributed by atoms with Gasteiger partial charge in [-0.25, -0.2) is 19.3 Å². The van der Waals surface area contributed by atoms with Crippen molar-refractivity contribution in [3.8, 4) is 5.82 Å². The first-order chi connectivity index (χ1) is 18.0. The summed E-state index contributed by atoms with van der Waals surface area (Å²) >= 11 is 0. The van der Waals surface area contributed by atoms with E-state index in [-0.39, 0.29) is 5.56 Å². The zero-order chi connectivity index (χ0) is 25.4. The SMILES string of the molecule is CC1(O)CC/C=C\Cn2c(=O)c3cnc(Nc4ccc(N5CCNCC5)cc4)nc3n2-c2cccc1n2. The maximum Gasteiger partial charge on any atom is 0.278 e. The van der Waals surface area contributed by atoms with Crippen LogP contribution in [0.2, 0.25) is 0 Å². The second-order valence-electron chi connectivity index (χ2n) is 9.70. The number of nitrogens with zero attached hydrogens (tertiary/aromatic N) is 6. The first-order valence-corrected chi connectivity index (χ1v) is 12.7. The number of pyridine rings is 1. The molecule has 1 saturated heterocycles. The van der Waals surface area contributed by atoms with Gasteiger partial charge in [0.05, 0.1) is 12.2 Å². The smallest absolute Gasteiger partial charge is 0.278 e. The van der Waals surface area contributed by atoms with Gasteiger partial charge in [-0.1, -0.05) is 18.2 Å². The molecule has 0 aliphatic carbocycles. The van der Waals surface area contributed by atoms with Crippen molar-refractivity contribution in [3.63, 3.8) is 0 Å². The van der Waals surface area contributed by atoms with E-state index in [1.54, 1.807) is 22.5 Å². The molecule has 10 heteroatoms. The molecule has 2 bridgehead atoms. The molecule has 2 aliphatic rings. The number of aromatic nitrogens is 5. The van der Waals surface area contributed by atoms with Crippen LogP contribution in [-0.4, -0.2) is 55.6 Å². The van der Waals surface area contributed by atoms with Crippen LogP contribution >= 0.6 is 0 Å². The summed E-state index contributed by atoms with van der Waals surface area (Å²) in [5.41, 5.74) is 1.77. The minimum atomic E-state index is -1.09. The number of hydrogen-bond donors (Lipinski definition) is 3. The molecule has 37 heavy (non-hydrogen) atoms. The van der Waals surface area contributed by atoms with Crippen LogP contribution in [0.5, 0.6) is 0 Å². The Labute approximate surface area is 214 Å². The lowest BCUT2D eigenvalue weighted by molar-refractivity contribution is 0.0443. The highest BCUT2D eigenvalue weighted by Crippen LogP contribution is 2.27. The number of aliphatic hydroxyl groups is 1. The molecule has 0 saturated carbocycles. The maximum atomic E-state index is 13.3. The molecule has 0 amide bonds. The molecule has 5 heterocycles. The fourth-order valence-electron chi connectivity index (χ4n) is 4.92. The lowest BCUT2D eigenvalue weighted by Crippen LogP contribution is -2.43. The van der Waals surface area contributed by atoms with Gasteiger partial charge in [0.25, 0.3) is 5.56 Å². The summed E-state index contributed by atoms with van der Waals surface area (Å²) in [6.45, 7) is 6.07. The predicted octanol–water partition coefficient (Wildman–Crippen LogP) is 2.69. The van der Waals surface area contributed by atoms with Crippen LogP contribution in [0.25, 0.3) is 16.9 Å². The number of nitrogens with one attached hydrogen (secondary N) is 2. The van der Waals surface area contributed by atoms with E-state index in [0.29, 0.717) is 47.9 Å². The number of rotatable bonds is 3. The van der Waals surface area contributed by atoms with Crippen LogP contribution in [0.4, 0.5) is 17.3 Å². The number of anilines is 3. The van der Waals surface area contributed by atoms with Gasteiger partial charge in [0.1, 0.15) is 11.0 Å². The molecule has 0 radical (unpaired) electrons. The molecular formula is C27H30N8O2. The average molecular weight is 499 g/mol. The molecule has 4 aromatic rings. The van der Waals surface area contributed by atoms with E-state index < -0.39 is 5.60 Å². The van der Waals surface area contributed by atoms with Crippen LogP contribution in [0.3, 0.4) is 0 Å². The molecule has 1 fully saturated rings. The highest BCUT2D eigenvalue weighted by Gasteiger charge is 2.26. The van der Waals surface area contributed by atoms with Gasteiger partial charge in [0.2, 0.25) is 5.95 Å². The fourth-order valence-corrected chi connectivity index (χ4v) is 4.92. The summed E-state index contributed by atoms with van der Waals surface area (Å²) in [5, 5.41) is 18.1. The van der Waals surface area contributed by atoms with Crippen LogP contribution in [0, 0.1) is 0 Å². The van der Waals surface area contributed by atoms with E-state index in [4.69, 9.17) is 9.97 Å². The molecule has 2 aliphatic heterocycles. The molecule has 10 nitrogen and oxygen atoms in total. The zero-order valence-electron chi connectivity index (χ0n) is 20.8. The zero-order valence-corrected chi connectivity index (χ0v) is 20.8. The Balaban J connectivity index is 1.39. The Kier molecular flexibility index (Phi) is 5.97. The van der Waals surface area contributed by atoms with Gasteiger partial charge >= 0.3 is 0 Å². The van der Waals surface area contributed by atoms with E-state index in [1.807, 2.05) is 42.5 Å². The molecule has 1 atom stereocenters. The molecule has 0 spiro atoms. The summed E-state index contributed by atoms with van der Waals surface area (Å²) in [6, 6.07) is 13.7. The quantitative estimate of drug-likeness (QED) is 0.370. The predicted molar refractivity (Wildman–Crippen MR) is 144 cm³/mol. The summed E-state index contributed by atoms with van der Waals surface area (Å²) in [7, 11) is 0. The van der Waals surface area contributed by atoms with Crippen molar-refractivity contribution in [2.75, 3.05) is 36.4 Å². The lowest BCUT2D eigenvalue weighted by Gasteiger charge is -2.29. The highest BCUT2D eigenvalue weighted by atomic mass is 16.3. The number of piperazine rings is 1. The van der Waals surface area contributed by atoms with Crippen molar-refractivity contribution in [1.29, 1.82) is 0 Å². The van der Waals surface area contributed by atoms with Crippen molar-refractivity contribution in [3.05, 3.63) is 76.9 Å². The van der Waals surface area contributed by atoms with Crippen molar-refractivity contribution < 1.29 is 5.11 Å². The largest absolute Gasteiger partial charge is 0.384 e. The third kappa shape index (κ3) is 4.49. The summed E-state index contributed by atoms with van der Waals surface area (Å²) in [4.78, 5) is 29.6. The molecule has 3 N–H and O–H groups in total. The summed E-state index contributed by atoms with van der Waals surface area (Å²) in [5.74, 6) is 0.904. The first-order valence-electron chi connectivity index (χ1n) is 12.7. The Morgan fingerprint density at radius 1 is 1.05 bits per heavy atom. The topological polar surface area (TPSA) is 113 Å². The van der Waals surface area contributed by atoms with Gasteiger partial charge in [0, 0.05) is 43.8 Å². The van der Waals surface area contributed by atoms with Gasteiger partial charge in [-0.3, -0.25) is 4.79 Å². The molecule has 1 aromatic carbocycles. The third-order valence-electron chi connectivity index (χ3n) is 7.03. The van der Waals surface area contributed by atoms with Crippen molar-refractivity contribution in [2.45, 2.75) is 31.9 Å². The first kappa shape index (κ1) is 23.4. The lowest BCUT2D eigenvalue weighted by atomic mass is 9.95. The van der Waals surface area contributed by atoms with Crippen molar-refractivity contribution >= 4 is 28.4 Å². The number of hydrogen-bond acceptors (Lipinski definition) is 8. The normalized spacial score (nSPS) is 20.8. The van der Waals surface area contributed by atoms with Gasteiger partial charge in [-0.05, 0) is 56.2 Å². The monoisotopic (exact) mass is 498 g/mol. The minimum absolute atomic E-state index is 0.190. The maximum absolute atomic E-state index is 13.3. The van der Waals surface area contributed by atoms with E-state index in [9.17, 15) is 9.90 Å². The molecule has 1 unspecified atom stereocenters. The Morgan fingerprint density at radius 2 is 1.86 bits per heavy atom. The van der Waals surface area contributed by atoms with Crippen LogP contribution in [0.1, 0.15) is 25.5 Å². The summed E-state index contributed by atoms with van der Waals surface area (Å²) < 4.78 is 3.32. The van der Waals surface area contributed by atoms with Gasteiger partial charge in [-0.2, -0.15) is 4.98 Å². The number of allylic oxidation sites excluding steroid dienone is 2. The van der Waals surface area contributed by atoms with E-state index in [1.165, 1.54) is 5.69 Å². The Morgan fingerprint density at radius 3 is 2.68 bits per heavy atom. The third-order valence-corrected chi connectivity index (χ3v) is 7.03. The van der Waals surface area contributed by atoms with E-state index >= 15 is 0 Å². The highest BCUT2D eigenvalue weighted by molar-refractivity contribution is 5.77. The second kappa shape index (κ2) is 9.45. The van der Waals surface area contributed by atoms with Gasteiger partial charge in [-0.15, -0.1) is 0 Å². The molecule has 6 rings (SSSR count). The summed E-state index contributed by atoms with van der Waals surface area (Å²) in [6.07, 6.45) is 6.70. The number of fused-ring (bicyclic) bond motifs is 6. The molecular weight excluding hydrogens is 468 g/mol. The molecule has 190 valence electrons. The Bertz CT molecular complexity index is 1510. The van der Waals surface area contributed by atoms with Crippen LogP contribution in [-0.2, 0) is 12.1 Å². The van der Waals surface area contributed by atoms with Crippen LogP contribution < -0.4 is 21.1 Å². The van der Waals surface area contributed by atoms with Crippen molar-refractivity contribution in [1.82, 2.24) is 29.6 Å². The second-order valence-corrected chi connectivity index (χ2v) is 9.70. The molecule has 3 aromatic heterocycles. The average Bonchev–Trinajstić information content (AvgIpc) is 3.19. The Hall–Kier alpha value is -4.02. The van der Waals surface area contributed by atoms with E-state index in [2.05, 4.69) is 32.7 Å².